The third-order valence-electron chi connectivity index (χ3n) is 7.78. The van der Waals surface area contributed by atoms with Gasteiger partial charge in [0.25, 0.3) is 0 Å². The van der Waals surface area contributed by atoms with Crippen LogP contribution in [0.15, 0.2) is 47.7 Å². The van der Waals surface area contributed by atoms with E-state index in [1.54, 1.807) is 11.8 Å². The second-order valence-electron chi connectivity index (χ2n) is 10.6. The van der Waals surface area contributed by atoms with Crippen LogP contribution in [0.4, 0.5) is 0 Å². The topological polar surface area (TPSA) is 78.9 Å². The highest BCUT2D eigenvalue weighted by Crippen LogP contribution is 2.46. The van der Waals surface area contributed by atoms with Gasteiger partial charge in [-0.2, -0.15) is 0 Å². The average Bonchev–Trinajstić information content (AvgIpc) is 3.06. The van der Waals surface area contributed by atoms with E-state index in [0.29, 0.717) is 5.70 Å². The molecule has 188 valence electrons. The Morgan fingerprint density at radius 3 is 2.57 bits per heavy atom. The van der Waals surface area contributed by atoms with Crippen LogP contribution in [0.1, 0.15) is 19.4 Å². The summed E-state index contributed by atoms with van der Waals surface area (Å²) in [6.07, 6.45) is 0.979. The zero-order valence-electron chi connectivity index (χ0n) is 21.5. The van der Waals surface area contributed by atoms with E-state index in [-0.39, 0.29) is 24.5 Å². The molecule has 0 spiro atoms. The smallest absolute Gasteiger partial charge is 0.235 e. The molecule has 2 aromatic rings. The Morgan fingerprint density at radius 2 is 1.89 bits per heavy atom. The van der Waals surface area contributed by atoms with Gasteiger partial charge < -0.3 is 24.5 Å². The number of hydrogen-bond donors (Lipinski definition) is 2. The van der Waals surface area contributed by atoms with E-state index in [1.807, 2.05) is 26.1 Å². The van der Waals surface area contributed by atoms with Crippen LogP contribution in [-0.4, -0.2) is 86.2 Å². The molecule has 0 bridgehead atoms. The van der Waals surface area contributed by atoms with Crippen molar-refractivity contribution in [3.8, 4) is 5.75 Å². The summed E-state index contributed by atoms with van der Waals surface area (Å²) in [5, 5.41) is 15.5. The number of carbonyl (C=O) groups excluding carboxylic acids is 2. The number of aliphatic hydroxyl groups is 1. The van der Waals surface area contributed by atoms with Crippen LogP contribution < -0.4 is 10.1 Å². The molecule has 2 heterocycles. The van der Waals surface area contributed by atoms with Crippen molar-refractivity contribution in [2.75, 3.05) is 47.4 Å². The molecule has 0 radical (unpaired) electrons. The van der Waals surface area contributed by atoms with Gasteiger partial charge in [0.15, 0.2) is 6.29 Å². The molecular formula is C28H38N3O4+. The molecule has 7 heteroatoms. The van der Waals surface area contributed by atoms with Crippen molar-refractivity contribution in [3.63, 3.8) is 0 Å². The fourth-order valence-corrected chi connectivity index (χ4v) is 5.56. The van der Waals surface area contributed by atoms with Crippen molar-refractivity contribution >= 4 is 23.0 Å². The van der Waals surface area contributed by atoms with Crippen LogP contribution in [0.3, 0.4) is 0 Å². The summed E-state index contributed by atoms with van der Waals surface area (Å²) in [7, 11) is 6.50. The molecule has 2 aliphatic rings. The molecule has 2 aromatic carbocycles. The molecule has 1 saturated heterocycles. The zero-order chi connectivity index (χ0) is 25.3. The first-order valence-corrected chi connectivity index (χ1v) is 12.5. The van der Waals surface area contributed by atoms with Gasteiger partial charge >= 0.3 is 0 Å². The molecule has 0 aromatic heterocycles. The van der Waals surface area contributed by atoms with Crippen molar-refractivity contribution < 1.29 is 23.9 Å². The highest BCUT2D eigenvalue weighted by molar-refractivity contribution is 5.96. The molecule has 35 heavy (non-hydrogen) atoms. The maximum Gasteiger partial charge on any atom is 0.235 e. The quantitative estimate of drug-likeness (QED) is 0.293. The highest BCUT2D eigenvalue weighted by Gasteiger charge is 2.58. The number of nitrogens with zero attached hydrogens (tertiary/aromatic N) is 2. The Hall–Kier alpha value is -2.74. The predicted molar refractivity (Wildman–Crippen MR) is 137 cm³/mol. The van der Waals surface area contributed by atoms with E-state index in [0.717, 1.165) is 53.5 Å². The van der Waals surface area contributed by atoms with Crippen molar-refractivity contribution in [1.82, 2.24) is 10.2 Å². The molecule has 0 aliphatic carbocycles. The molecule has 1 fully saturated rings. The monoisotopic (exact) mass is 480 g/mol. The number of rotatable bonds is 11. The molecule has 0 saturated carbocycles. The molecule has 1 unspecified atom stereocenters. The van der Waals surface area contributed by atoms with Crippen molar-refractivity contribution in [2.24, 2.45) is 11.8 Å². The number of hydrogen-bond acceptors (Lipinski definition) is 5. The Bertz CT molecular complexity index is 1140. The van der Waals surface area contributed by atoms with Gasteiger partial charge in [0, 0.05) is 24.3 Å². The lowest BCUT2D eigenvalue weighted by Crippen LogP contribution is -2.63. The Morgan fingerprint density at radius 1 is 1.17 bits per heavy atom. The third kappa shape index (κ3) is 4.73. The number of carbonyl (C=O) groups is 2. The number of aliphatic hydroxyl groups excluding tert-OH is 1. The van der Waals surface area contributed by atoms with E-state index in [2.05, 4.69) is 43.7 Å². The number of fused-ring (bicyclic) bond motifs is 2. The molecule has 2 aliphatic heterocycles. The van der Waals surface area contributed by atoms with Crippen molar-refractivity contribution in [3.05, 3.63) is 53.2 Å². The second-order valence-corrected chi connectivity index (χ2v) is 10.6. The van der Waals surface area contributed by atoms with E-state index >= 15 is 0 Å². The second kappa shape index (κ2) is 10.1. The van der Waals surface area contributed by atoms with Crippen LogP contribution >= 0.6 is 0 Å². The normalized spacial score (nSPS) is 22.9. The summed E-state index contributed by atoms with van der Waals surface area (Å²) in [5.74, 6) is 0.0784. The molecular weight excluding hydrogens is 442 g/mol. The van der Waals surface area contributed by atoms with Gasteiger partial charge in [0.05, 0.1) is 50.9 Å². The number of likely N-dealkylation sites (N-methyl/N-ethyl adjacent to an activating group) is 2. The van der Waals surface area contributed by atoms with Crippen LogP contribution in [0, 0.1) is 11.8 Å². The molecule has 2 N–H and O–H groups in total. The summed E-state index contributed by atoms with van der Waals surface area (Å²) in [5.41, 5.74) is 2.50. The van der Waals surface area contributed by atoms with Crippen LogP contribution in [-0.2, 0) is 16.0 Å². The maximum absolute atomic E-state index is 12.5. The number of allylic oxidation sites excluding steroid dienone is 1. The first-order valence-electron chi connectivity index (χ1n) is 12.5. The number of aldehydes is 1. The minimum atomic E-state index is -0.738. The summed E-state index contributed by atoms with van der Waals surface area (Å²) in [6.45, 7) is 6.96. The Labute approximate surface area is 207 Å². The van der Waals surface area contributed by atoms with E-state index in [1.165, 1.54) is 10.9 Å². The fraction of sp³-hybridized carbons (Fsp3) is 0.500. The first kappa shape index (κ1) is 25.4. The van der Waals surface area contributed by atoms with Gasteiger partial charge in [0.1, 0.15) is 12.4 Å². The summed E-state index contributed by atoms with van der Waals surface area (Å²) < 4.78 is 7.23. The van der Waals surface area contributed by atoms with E-state index in [9.17, 15) is 14.7 Å². The average molecular weight is 481 g/mol. The SMILES string of the molecule is CNCC[N+](C)(C)CCc1cccc2c(OCC3=C(C=O)N4C(=O)[C@H]([C@@H](C)O)C4[C@H]3C)cccc12. The lowest BCUT2D eigenvalue weighted by Gasteiger charge is -2.46. The minimum absolute atomic E-state index is 0.0457. The number of amides is 1. The van der Waals surface area contributed by atoms with Gasteiger partial charge in [0.2, 0.25) is 5.91 Å². The van der Waals surface area contributed by atoms with Gasteiger partial charge in [-0.1, -0.05) is 37.3 Å². The van der Waals surface area contributed by atoms with Crippen molar-refractivity contribution in [2.45, 2.75) is 32.4 Å². The molecule has 4 atom stereocenters. The standard InChI is InChI=1S/C28H38N3O4/c1-18-23(24(16-32)30-27(18)26(19(2)33)28(30)34)17-35-25-11-7-9-21-20(8-6-10-22(21)25)12-14-31(4,5)15-13-29-3/h6-11,16,18-19,26-27,29,33H,12-15,17H2,1-5H3/q+1/t18-,19+,26+,27?/m0/s1. The fourth-order valence-electron chi connectivity index (χ4n) is 5.56. The van der Waals surface area contributed by atoms with Gasteiger partial charge in [-0.25, -0.2) is 0 Å². The number of β-lactam (4-membered cyclic amide) rings is 1. The van der Waals surface area contributed by atoms with Crippen LogP contribution in [0.25, 0.3) is 10.8 Å². The summed E-state index contributed by atoms with van der Waals surface area (Å²) in [6, 6.07) is 12.3. The van der Waals surface area contributed by atoms with Crippen LogP contribution in [0.2, 0.25) is 0 Å². The van der Waals surface area contributed by atoms with Gasteiger partial charge in [-0.05, 0) is 36.6 Å². The lowest BCUT2D eigenvalue weighted by atomic mass is 9.78. The summed E-state index contributed by atoms with van der Waals surface area (Å²) in [4.78, 5) is 26.0. The van der Waals surface area contributed by atoms with E-state index < -0.39 is 12.0 Å². The maximum atomic E-state index is 12.5. The number of ether oxygens (including phenoxy) is 1. The van der Waals surface area contributed by atoms with Gasteiger partial charge in [-0.15, -0.1) is 0 Å². The minimum Gasteiger partial charge on any atom is -0.489 e. The number of nitrogens with one attached hydrogen (secondary N) is 1. The zero-order valence-corrected chi connectivity index (χ0v) is 21.5. The largest absolute Gasteiger partial charge is 0.489 e. The summed E-state index contributed by atoms with van der Waals surface area (Å²) >= 11 is 0. The molecule has 4 rings (SSSR count). The predicted octanol–water partition coefficient (Wildman–Crippen LogP) is 2.37. The molecule has 7 nitrogen and oxygen atoms in total. The molecule has 1 amide bonds. The number of benzene rings is 2. The lowest BCUT2D eigenvalue weighted by molar-refractivity contribution is -0.888. The Balaban J connectivity index is 1.53. The third-order valence-corrected chi connectivity index (χ3v) is 7.78. The van der Waals surface area contributed by atoms with Crippen LogP contribution in [0.5, 0.6) is 5.75 Å². The first-order chi connectivity index (χ1) is 16.7. The van der Waals surface area contributed by atoms with E-state index in [4.69, 9.17) is 4.74 Å². The number of quaternary nitrogens is 1. The van der Waals surface area contributed by atoms with Gasteiger partial charge in [-0.3, -0.25) is 9.59 Å². The Kier molecular flexibility index (Phi) is 7.31. The van der Waals surface area contributed by atoms with Crippen molar-refractivity contribution in [1.29, 1.82) is 0 Å². The highest BCUT2D eigenvalue weighted by atomic mass is 16.5.